The number of primary amides is 1. The van der Waals surface area contributed by atoms with Crippen molar-refractivity contribution < 1.29 is 90.6 Å². The number of unbranched alkanes of at least 4 members (excludes halogenated alkanes) is 3. The molecule has 0 fully saturated rings. The first-order valence-corrected chi connectivity index (χ1v) is 43.4. The van der Waals surface area contributed by atoms with Gasteiger partial charge in [-0.15, -0.1) is 0 Å². The predicted molar refractivity (Wildman–Crippen MR) is 479 cm³/mol. The standard InChI is InChI=1S/C87H139N21O19/c1-61(100-79(113)67(31-15-18-36-89)101-81(115)69(33-20-38-98-86(93)94)104-84(118)73(58-64-26-10-4-11-27-64)106-77(111)66(91)30-14-17-35-88)76(110)105-72(57-63-24-8-3-9-25-63)83(117)103-68(32-16-19-37-90)80(114)102-70(34-21-39-99-87(95)96)82(116)108-74(59-65-28-12-5-13-29-65)85(119)107-71(56-62-22-6-2-7-23-62)78(112)97-40-41-120-42-43-121-44-45-122-46-47-123-48-49-124-50-51-125-52-53-126-54-55-127-60-75(92)109/h2-13,22-29,61,66-74H,14-21,30-60,88-91H2,1H3,(H2,92,109)(H,97,112)(H,100,113)(H,101,115)(H,102,114)(H,103,117)(H,104,118)(H,105,110)(H,106,111)(H,107,119)(H,108,116)(H4,93,94,98)(H4,95,96,99)/t61-,66+,67+,68+,69+,70+,71+,72+,73+,74+/m1/s1. The Hall–Kier alpha value is -10.9. The summed E-state index contributed by atoms with van der Waals surface area (Å²) >= 11 is 0. The van der Waals surface area contributed by atoms with E-state index in [9.17, 15) is 47.9 Å². The molecule has 0 saturated heterocycles. The summed E-state index contributed by atoms with van der Waals surface area (Å²) in [6, 6.07) is 22.4. The highest BCUT2D eigenvalue weighted by molar-refractivity contribution is 5.99. The van der Waals surface area contributed by atoms with E-state index in [4.69, 9.17) is 89.5 Å². The number of nitrogens with one attached hydrogen (secondary N) is 10. The lowest BCUT2D eigenvalue weighted by Gasteiger charge is -2.28. The number of carbonyl (C=O) groups excluding carboxylic acids is 11. The van der Waals surface area contributed by atoms with Gasteiger partial charge in [-0.25, -0.2) is 0 Å². The molecule has 0 saturated carbocycles. The molecule has 11 amide bonds. The Bertz CT molecular complexity index is 3850. The van der Waals surface area contributed by atoms with Crippen LogP contribution in [-0.2, 0) is 116 Å². The number of guanidine groups is 2. The van der Waals surface area contributed by atoms with E-state index in [0.29, 0.717) is 146 Å². The van der Waals surface area contributed by atoms with Gasteiger partial charge in [0.15, 0.2) is 11.9 Å². The third-order valence-corrected chi connectivity index (χ3v) is 19.4. The lowest BCUT2D eigenvalue weighted by atomic mass is 10.0. The second-order valence-corrected chi connectivity index (χ2v) is 29.9. The average molecular weight is 1780 g/mol. The van der Waals surface area contributed by atoms with Crippen molar-refractivity contribution in [1.82, 2.24) is 53.2 Å². The number of nitrogens with zero attached hydrogens (tertiary/aromatic N) is 2. The molecule has 40 heteroatoms. The highest BCUT2D eigenvalue weighted by Gasteiger charge is 2.36. The Kier molecular flexibility index (Phi) is 57.6. The molecule has 0 aromatic heterocycles. The third-order valence-electron chi connectivity index (χ3n) is 19.4. The molecule has 4 aromatic rings. The van der Waals surface area contributed by atoms with E-state index in [2.05, 4.69) is 63.2 Å². The quantitative estimate of drug-likeness (QED) is 0.0118. The fraction of sp³-hybridized carbons (Fsp3) is 0.575. The van der Waals surface area contributed by atoms with Crippen LogP contribution in [0.5, 0.6) is 0 Å². The normalized spacial score (nSPS) is 13.5. The van der Waals surface area contributed by atoms with E-state index in [1.807, 2.05) is 6.07 Å². The van der Waals surface area contributed by atoms with Crippen LogP contribution >= 0.6 is 0 Å². The molecule has 0 aliphatic heterocycles. The molecule has 0 bridgehead atoms. The van der Waals surface area contributed by atoms with Crippen LogP contribution in [-0.4, -0.2) is 282 Å². The number of rotatable bonds is 73. The minimum Gasteiger partial charge on any atom is -0.377 e. The molecule has 0 heterocycles. The summed E-state index contributed by atoms with van der Waals surface area (Å²) in [5, 5.41) is 27.9. The van der Waals surface area contributed by atoms with Crippen molar-refractivity contribution in [2.45, 2.75) is 176 Å². The largest absolute Gasteiger partial charge is 0.377 e. The zero-order valence-corrected chi connectivity index (χ0v) is 73.2. The Morgan fingerprint density at radius 3 is 0.850 bits per heavy atom. The topological polar surface area (TPSA) is 641 Å². The highest BCUT2D eigenvalue weighted by Crippen LogP contribution is 2.15. The maximum absolute atomic E-state index is 15.0. The van der Waals surface area contributed by atoms with Gasteiger partial charge in [-0.1, -0.05) is 128 Å². The van der Waals surface area contributed by atoms with Gasteiger partial charge in [0.1, 0.15) is 61.0 Å². The van der Waals surface area contributed by atoms with Crippen molar-refractivity contribution >= 4 is 76.9 Å². The highest BCUT2D eigenvalue weighted by atomic mass is 16.6. The maximum atomic E-state index is 15.0. The van der Waals surface area contributed by atoms with Crippen LogP contribution in [0.15, 0.2) is 131 Å². The zero-order valence-electron chi connectivity index (χ0n) is 73.2. The third kappa shape index (κ3) is 50.3. The second kappa shape index (κ2) is 67.4. The number of amides is 11. The van der Waals surface area contributed by atoms with Crippen molar-refractivity contribution in [3.63, 3.8) is 0 Å². The first kappa shape index (κ1) is 108. The fourth-order valence-electron chi connectivity index (χ4n) is 12.6. The van der Waals surface area contributed by atoms with Crippen molar-refractivity contribution in [3.8, 4) is 0 Å². The van der Waals surface area contributed by atoms with Crippen LogP contribution in [0, 0.1) is 0 Å². The first-order valence-electron chi connectivity index (χ1n) is 43.4. The Morgan fingerprint density at radius 1 is 0.291 bits per heavy atom. The number of benzene rings is 4. The van der Waals surface area contributed by atoms with Gasteiger partial charge in [-0.2, -0.15) is 0 Å². The Balaban J connectivity index is 1.47. The van der Waals surface area contributed by atoms with Crippen LogP contribution in [0.4, 0.5) is 0 Å². The summed E-state index contributed by atoms with van der Waals surface area (Å²) in [6.45, 7) is 7.03. The first-order chi connectivity index (χ1) is 61.4. The second-order valence-electron chi connectivity index (χ2n) is 29.9. The number of aliphatic imine (C=N–C) groups is 2. The molecule has 127 heavy (non-hydrogen) atoms. The van der Waals surface area contributed by atoms with Gasteiger partial charge in [-0.05, 0) is 126 Å². The van der Waals surface area contributed by atoms with Crippen LogP contribution in [0.25, 0.3) is 0 Å². The zero-order chi connectivity index (χ0) is 92.4. The molecule has 4 aromatic carbocycles. The van der Waals surface area contributed by atoms with Gasteiger partial charge in [0.2, 0.25) is 65.0 Å². The SMILES string of the molecule is C[C@@H](NC(=O)[C@H](CCCCN)NC(=O)[C@H](CCCN=C(N)N)NC(=O)[C@H](Cc1ccccc1)NC(=O)[C@@H](N)CCCCN)C(=O)N[C@@H](Cc1ccccc1)C(=O)N[C@@H](CCCCN)C(=O)N[C@@H](CCCN=C(N)N)C(=O)N[C@@H](Cc1ccccc1)C(=O)N[C@@H](Cc1ccccc1)C(=O)NCCOCCOCCOCCOCCOCCOCCOCCOCC(N)=O. The van der Waals surface area contributed by atoms with Crippen molar-refractivity contribution in [1.29, 1.82) is 0 Å². The molecule has 706 valence electrons. The molecule has 10 atom stereocenters. The summed E-state index contributed by atoms with van der Waals surface area (Å²) in [5.41, 5.74) is 54.1. The number of carbonyl (C=O) groups is 11. The maximum Gasteiger partial charge on any atom is 0.243 e. The van der Waals surface area contributed by atoms with Gasteiger partial charge >= 0.3 is 0 Å². The summed E-state index contributed by atoms with van der Waals surface area (Å²) in [6.07, 6.45) is 3.02. The predicted octanol–water partition coefficient (Wildman–Crippen LogP) is -3.10. The van der Waals surface area contributed by atoms with Crippen molar-refractivity contribution in [2.24, 2.45) is 61.6 Å². The van der Waals surface area contributed by atoms with E-state index >= 15 is 4.79 Å². The molecule has 28 N–H and O–H groups in total. The molecular formula is C87H139N21O19. The Labute approximate surface area is 744 Å². The van der Waals surface area contributed by atoms with E-state index < -0.39 is 125 Å². The summed E-state index contributed by atoms with van der Waals surface area (Å²) < 4.78 is 43.8. The molecule has 0 aliphatic rings. The molecule has 0 unspecified atom stereocenters. The summed E-state index contributed by atoms with van der Waals surface area (Å²) in [7, 11) is 0. The number of ether oxygens (including phenoxy) is 8. The molecular weight excluding hydrogens is 1640 g/mol. The van der Waals surface area contributed by atoms with Gasteiger partial charge < -0.3 is 143 Å². The van der Waals surface area contributed by atoms with E-state index in [1.165, 1.54) is 6.92 Å². The molecule has 0 aliphatic carbocycles. The van der Waals surface area contributed by atoms with Crippen LogP contribution in [0.3, 0.4) is 0 Å². The van der Waals surface area contributed by atoms with E-state index in [-0.39, 0.29) is 142 Å². The lowest BCUT2D eigenvalue weighted by Crippen LogP contribution is -2.60. The smallest absolute Gasteiger partial charge is 0.243 e. The molecule has 0 spiro atoms. The molecule has 4 rings (SSSR count). The van der Waals surface area contributed by atoms with Gasteiger partial charge in [-0.3, -0.25) is 62.7 Å². The van der Waals surface area contributed by atoms with E-state index in [0.717, 1.165) is 0 Å². The van der Waals surface area contributed by atoms with Crippen LogP contribution in [0.2, 0.25) is 0 Å². The fourth-order valence-corrected chi connectivity index (χ4v) is 12.6. The van der Waals surface area contributed by atoms with Crippen molar-refractivity contribution in [2.75, 3.05) is 145 Å². The molecule has 0 radical (unpaired) electrons. The Morgan fingerprint density at radius 2 is 0.543 bits per heavy atom. The van der Waals surface area contributed by atoms with Crippen molar-refractivity contribution in [3.05, 3.63) is 144 Å². The number of nitrogens with two attached hydrogens (primary N) is 9. The van der Waals surface area contributed by atoms with Crippen LogP contribution < -0.4 is 105 Å². The number of hydrogen-bond donors (Lipinski definition) is 19. The van der Waals surface area contributed by atoms with Gasteiger partial charge in [0.25, 0.3) is 0 Å². The van der Waals surface area contributed by atoms with Gasteiger partial charge in [0, 0.05) is 45.3 Å². The van der Waals surface area contributed by atoms with Crippen LogP contribution in [0.1, 0.15) is 113 Å². The molecule has 40 nitrogen and oxygen atoms in total. The monoisotopic (exact) mass is 1780 g/mol. The minimum atomic E-state index is -1.42. The average Bonchev–Trinajstić information content (AvgIpc) is 0.870. The number of hydrogen-bond acceptors (Lipinski definition) is 25. The summed E-state index contributed by atoms with van der Waals surface area (Å²) in [5.74, 6) is -8.49. The van der Waals surface area contributed by atoms with Gasteiger partial charge in [0.05, 0.1) is 105 Å². The lowest BCUT2D eigenvalue weighted by molar-refractivity contribution is -0.136. The summed E-state index contributed by atoms with van der Waals surface area (Å²) in [4.78, 5) is 164. The minimum absolute atomic E-state index is 0.0127. The van der Waals surface area contributed by atoms with E-state index in [1.54, 1.807) is 115 Å².